The van der Waals surface area contributed by atoms with Crippen LogP contribution in [0.3, 0.4) is 0 Å². The van der Waals surface area contributed by atoms with Gasteiger partial charge in [-0.25, -0.2) is 5.48 Å². The third-order valence-corrected chi connectivity index (χ3v) is 3.49. The van der Waals surface area contributed by atoms with E-state index in [-0.39, 0.29) is 6.54 Å². The van der Waals surface area contributed by atoms with Crippen LogP contribution in [0.4, 0.5) is 0 Å². The number of hydrogen-bond acceptors (Lipinski definition) is 4. The second kappa shape index (κ2) is 9.79. The second-order valence-electron chi connectivity index (χ2n) is 5.33. The molecule has 0 unspecified atom stereocenters. The molecule has 2 aromatic rings. The maximum atomic E-state index is 12.1. The lowest BCUT2D eigenvalue weighted by molar-refractivity contribution is -0.130. The topological polar surface area (TPSA) is 104 Å². The van der Waals surface area contributed by atoms with E-state index in [1.807, 2.05) is 36.4 Å². The highest BCUT2D eigenvalue weighted by atomic mass is 16.5. The number of rotatable bonds is 5. The Kier molecular flexibility index (Phi) is 7.13. The maximum absolute atomic E-state index is 12.1. The van der Waals surface area contributed by atoms with E-state index in [1.165, 1.54) is 5.48 Å². The number of carbonyl (C=O) groups is 2. The van der Waals surface area contributed by atoms with Gasteiger partial charge < -0.3 is 11.1 Å². The lowest BCUT2D eigenvalue weighted by Gasteiger charge is -2.14. The Labute approximate surface area is 151 Å². The van der Waals surface area contributed by atoms with Gasteiger partial charge in [-0.05, 0) is 42.0 Å². The van der Waals surface area contributed by atoms with E-state index in [2.05, 4.69) is 17.2 Å². The lowest BCUT2D eigenvalue weighted by atomic mass is 10.1. The van der Waals surface area contributed by atoms with Crippen LogP contribution in [0.2, 0.25) is 0 Å². The summed E-state index contributed by atoms with van der Waals surface area (Å²) >= 11 is 0. The van der Waals surface area contributed by atoms with Crippen molar-refractivity contribution in [3.05, 3.63) is 77.4 Å². The van der Waals surface area contributed by atoms with Gasteiger partial charge in [0.2, 0.25) is 0 Å². The zero-order chi connectivity index (χ0) is 18.8. The van der Waals surface area contributed by atoms with E-state index in [9.17, 15) is 9.59 Å². The predicted octanol–water partition coefficient (Wildman–Crippen LogP) is 1.31. The van der Waals surface area contributed by atoms with Gasteiger partial charge in [-0.2, -0.15) is 0 Å². The van der Waals surface area contributed by atoms with Crippen molar-refractivity contribution in [2.45, 2.75) is 6.04 Å². The SMILES string of the molecule is NC[C@H](NC(=O)c1ccc(C#CC=Cc2ccccc2)cc1)C(=O)NO. The molecular formula is C20H19N3O3. The number of carbonyl (C=O) groups excluding carboxylic acids is 2. The van der Waals surface area contributed by atoms with Gasteiger partial charge in [0.05, 0.1) is 0 Å². The number of allylic oxidation sites excluding steroid dienone is 1. The average Bonchev–Trinajstić information content (AvgIpc) is 2.70. The minimum Gasteiger partial charge on any atom is -0.339 e. The Balaban J connectivity index is 1.98. The van der Waals surface area contributed by atoms with Crippen molar-refractivity contribution in [1.82, 2.24) is 10.8 Å². The Morgan fingerprint density at radius 1 is 1.12 bits per heavy atom. The van der Waals surface area contributed by atoms with Crippen molar-refractivity contribution >= 4 is 17.9 Å². The first-order valence-corrected chi connectivity index (χ1v) is 7.92. The molecule has 2 aromatic carbocycles. The van der Waals surface area contributed by atoms with E-state index >= 15 is 0 Å². The van der Waals surface area contributed by atoms with Crippen molar-refractivity contribution in [2.75, 3.05) is 6.54 Å². The van der Waals surface area contributed by atoms with E-state index < -0.39 is 17.9 Å². The molecule has 6 heteroatoms. The molecule has 0 spiro atoms. The van der Waals surface area contributed by atoms with Gasteiger partial charge in [-0.1, -0.05) is 42.2 Å². The van der Waals surface area contributed by atoms with Crippen LogP contribution in [-0.4, -0.2) is 29.6 Å². The van der Waals surface area contributed by atoms with Crippen LogP contribution >= 0.6 is 0 Å². The second-order valence-corrected chi connectivity index (χ2v) is 5.33. The highest BCUT2D eigenvalue weighted by molar-refractivity contribution is 5.97. The number of hydroxylamine groups is 1. The molecule has 0 aromatic heterocycles. The third kappa shape index (κ3) is 5.60. The fourth-order valence-corrected chi connectivity index (χ4v) is 2.08. The molecule has 0 heterocycles. The van der Waals surface area contributed by atoms with Crippen molar-refractivity contribution in [3.8, 4) is 11.8 Å². The normalized spacial score (nSPS) is 11.3. The first-order valence-electron chi connectivity index (χ1n) is 7.92. The van der Waals surface area contributed by atoms with Gasteiger partial charge in [0.15, 0.2) is 0 Å². The molecule has 0 aliphatic heterocycles. The highest BCUT2D eigenvalue weighted by Gasteiger charge is 2.19. The molecule has 132 valence electrons. The van der Waals surface area contributed by atoms with Crippen molar-refractivity contribution in [2.24, 2.45) is 5.73 Å². The molecule has 0 saturated heterocycles. The van der Waals surface area contributed by atoms with E-state index in [1.54, 1.807) is 30.3 Å². The maximum Gasteiger partial charge on any atom is 0.267 e. The molecule has 0 aliphatic carbocycles. The third-order valence-electron chi connectivity index (χ3n) is 3.49. The molecule has 2 rings (SSSR count). The van der Waals surface area contributed by atoms with Gasteiger partial charge in [0, 0.05) is 17.7 Å². The van der Waals surface area contributed by atoms with Crippen LogP contribution in [0, 0.1) is 11.8 Å². The van der Waals surface area contributed by atoms with Gasteiger partial charge >= 0.3 is 0 Å². The Morgan fingerprint density at radius 2 is 1.81 bits per heavy atom. The summed E-state index contributed by atoms with van der Waals surface area (Å²) in [5, 5.41) is 11.0. The number of amides is 2. The van der Waals surface area contributed by atoms with E-state index in [0.717, 1.165) is 11.1 Å². The molecule has 0 radical (unpaired) electrons. The standard InChI is InChI=1S/C20H19N3O3/c21-14-18(20(25)23-26)22-19(24)17-12-10-16(11-13-17)9-5-4-8-15-6-2-1-3-7-15/h1-4,6-8,10-13,18,26H,14,21H2,(H,22,24)(H,23,25)/t18-/m0/s1. The molecule has 6 nitrogen and oxygen atoms in total. The summed E-state index contributed by atoms with van der Waals surface area (Å²) in [6, 6.07) is 15.4. The summed E-state index contributed by atoms with van der Waals surface area (Å²) < 4.78 is 0. The van der Waals surface area contributed by atoms with Gasteiger partial charge in [-0.15, -0.1) is 0 Å². The summed E-state index contributed by atoms with van der Waals surface area (Å²) in [7, 11) is 0. The molecule has 1 atom stereocenters. The Hall–Kier alpha value is -3.40. The van der Waals surface area contributed by atoms with Crippen LogP contribution in [0.25, 0.3) is 6.08 Å². The zero-order valence-corrected chi connectivity index (χ0v) is 14.0. The Morgan fingerprint density at radius 3 is 2.42 bits per heavy atom. The first-order chi connectivity index (χ1) is 12.6. The summed E-state index contributed by atoms with van der Waals surface area (Å²) in [5.41, 5.74) is 9.04. The molecular weight excluding hydrogens is 330 g/mol. The van der Waals surface area contributed by atoms with Crippen LogP contribution < -0.4 is 16.5 Å². The summed E-state index contributed by atoms with van der Waals surface area (Å²) in [5.74, 6) is 4.67. The monoisotopic (exact) mass is 349 g/mol. The summed E-state index contributed by atoms with van der Waals surface area (Å²) in [4.78, 5) is 23.4. The highest BCUT2D eigenvalue weighted by Crippen LogP contribution is 2.04. The summed E-state index contributed by atoms with van der Waals surface area (Å²) in [6.45, 7) is -0.130. The fraction of sp³-hybridized carbons (Fsp3) is 0.100. The molecule has 0 bridgehead atoms. The molecule has 5 N–H and O–H groups in total. The lowest BCUT2D eigenvalue weighted by Crippen LogP contribution is -2.50. The van der Waals surface area contributed by atoms with Crippen LogP contribution in [0.15, 0.2) is 60.7 Å². The number of nitrogens with two attached hydrogens (primary N) is 1. The van der Waals surface area contributed by atoms with Gasteiger partial charge in [-0.3, -0.25) is 14.8 Å². The minimum atomic E-state index is -1.00. The molecule has 0 aliphatic rings. The molecule has 0 fully saturated rings. The van der Waals surface area contributed by atoms with Crippen LogP contribution in [-0.2, 0) is 4.79 Å². The van der Waals surface area contributed by atoms with E-state index in [0.29, 0.717) is 5.56 Å². The largest absolute Gasteiger partial charge is 0.339 e. The molecule has 26 heavy (non-hydrogen) atoms. The smallest absolute Gasteiger partial charge is 0.267 e. The number of benzene rings is 2. The quantitative estimate of drug-likeness (QED) is 0.371. The first kappa shape index (κ1) is 18.9. The van der Waals surface area contributed by atoms with Gasteiger partial charge in [0.25, 0.3) is 11.8 Å². The number of nitrogens with one attached hydrogen (secondary N) is 2. The average molecular weight is 349 g/mol. The predicted molar refractivity (Wildman–Crippen MR) is 99.0 cm³/mol. The van der Waals surface area contributed by atoms with Crippen molar-refractivity contribution < 1.29 is 14.8 Å². The fourth-order valence-electron chi connectivity index (χ4n) is 2.08. The summed E-state index contributed by atoms with van der Waals surface area (Å²) in [6.07, 6.45) is 3.67. The van der Waals surface area contributed by atoms with Crippen LogP contribution in [0.5, 0.6) is 0 Å². The van der Waals surface area contributed by atoms with Crippen molar-refractivity contribution in [1.29, 1.82) is 0 Å². The molecule has 2 amide bonds. The Bertz CT molecular complexity index is 834. The van der Waals surface area contributed by atoms with Gasteiger partial charge in [0.1, 0.15) is 6.04 Å². The number of hydrogen-bond donors (Lipinski definition) is 4. The minimum absolute atomic E-state index is 0.130. The molecule has 0 saturated carbocycles. The van der Waals surface area contributed by atoms with E-state index in [4.69, 9.17) is 10.9 Å². The van der Waals surface area contributed by atoms with Crippen LogP contribution in [0.1, 0.15) is 21.5 Å². The van der Waals surface area contributed by atoms with Crippen molar-refractivity contribution in [3.63, 3.8) is 0 Å². The zero-order valence-electron chi connectivity index (χ0n) is 14.0.